The molecule has 1 aromatic heterocycles. The van der Waals surface area contributed by atoms with Crippen LogP contribution >= 0.6 is 11.6 Å². The molecule has 2 aromatic rings. The van der Waals surface area contributed by atoms with Gasteiger partial charge in [-0.15, -0.1) is 5.10 Å². The summed E-state index contributed by atoms with van der Waals surface area (Å²) in [7, 11) is 0. The minimum atomic E-state index is -0.971. The number of halogens is 1. The van der Waals surface area contributed by atoms with Crippen molar-refractivity contribution >= 4 is 17.6 Å². The van der Waals surface area contributed by atoms with Gasteiger partial charge in [-0.3, -0.25) is 4.79 Å². The van der Waals surface area contributed by atoms with Gasteiger partial charge < -0.3 is 5.11 Å². The molecule has 0 unspecified atom stereocenters. The molecule has 6 heteroatoms. The lowest BCUT2D eigenvalue weighted by atomic mass is 10.3. The molecule has 0 aliphatic rings. The zero-order chi connectivity index (χ0) is 11.5. The summed E-state index contributed by atoms with van der Waals surface area (Å²) in [5.41, 5.74) is 1.11. The van der Waals surface area contributed by atoms with Crippen molar-refractivity contribution in [3.63, 3.8) is 0 Å². The van der Waals surface area contributed by atoms with Crippen LogP contribution in [0.5, 0.6) is 0 Å². The Labute approximate surface area is 96.3 Å². The number of hydrogen-bond acceptors (Lipinski definition) is 3. The minimum Gasteiger partial charge on any atom is -0.481 e. The summed E-state index contributed by atoms with van der Waals surface area (Å²) in [6, 6.07) is 9.12. The second-order valence-corrected chi connectivity index (χ2v) is 3.50. The molecule has 2 rings (SSSR count). The largest absolute Gasteiger partial charge is 0.481 e. The van der Waals surface area contributed by atoms with Crippen LogP contribution in [-0.2, 0) is 11.2 Å². The van der Waals surface area contributed by atoms with Crippen LogP contribution in [-0.4, -0.2) is 26.1 Å². The van der Waals surface area contributed by atoms with Crippen LogP contribution < -0.4 is 0 Å². The van der Waals surface area contributed by atoms with Gasteiger partial charge in [0, 0.05) is 0 Å². The van der Waals surface area contributed by atoms with Crippen LogP contribution in [0.4, 0.5) is 0 Å². The molecule has 1 N–H and O–H groups in total. The van der Waals surface area contributed by atoms with Gasteiger partial charge in [0.05, 0.1) is 17.8 Å². The fourth-order valence-corrected chi connectivity index (χ4v) is 1.53. The molecule has 0 saturated carbocycles. The van der Waals surface area contributed by atoms with Crippen LogP contribution in [0.25, 0.3) is 5.69 Å². The number of rotatable bonds is 3. The highest BCUT2D eigenvalue weighted by atomic mass is 35.5. The molecule has 16 heavy (non-hydrogen) atoms. The Morgan fingerprint density at radius 2 is 2.06 bits per heavy atom. The Balaban J connectivity index is 2.46. The molecular weight excluding hydrogens is 230 g/mol. The van der Waals surface area contributed by atoms with Crippen molar-refractivity contribution in [2.24, 2.45) is 0 Å². The number of nitrogens with zero attached hydrogens (tertiary/aromatic N) is 3. The van der Waals surface area contributed by atoms with Crippen LogP contribution in [0.15, 0.2) is 30.3 Å². The van der Waals surface area contributed by atoms with E-state index in [-0.39, 0.29) is 11.6 Å². The number of hydrogen-bond donors (Lipinski definition) is 1. The van der Waals surface area contributed by atoms with E-state index in [1.54, 1.807) is 12.1 Å². The number of aromatic nitrogens is 3. The number of carboxylic acid groups (broad SMARTS) is 1. The van der Waals surface area contributed by atoms with Gasteiger partial charge in [-0.05, 0) is 12.1 Å². The van der Waals surface area contributed by atoms with E-state index < -0.39 is 5.97 Å². The lowest BCUT2D eigenvalue weighted by Gasteiger charge is -2.03. The van der Waals surface area contributed by atoms with Gasteiger partial charge in [-0.2, -0.15) is 0 Å². The van der Waals surface area contributed by atoms with Crippen LogP contribution in [0.3, 0.4) is 0 Å². The molecule has 0 aliphatic carbocycles. The van der Waals surface area contributed by atoms with Crippen molar-refractivity contribution in [1.82, 2.24) is 15.0 Å². The number of aliphatic carboxylic acids is 1. The second kappa shape index (κ2) is 4.32. The SMILES string of the molecule is O=C(O)Cc1c(Cl)nnn1-c1ccccc1. The van der Waals surface area contributed by atoms with Gasteiger partial charge in [0.1, 0.15) is 0 Å². The van der Waals surface area contributed by atoms with E-state index in [1.807, 2.05) is 18.2 Å². The van der Waals surface area contributed by atoms with E-state index in [2.05, 4.69) is 10.3 Å². The molecular formula is C10H8ClN3O2. The lowest BCUT2D eigenvalue weighted by molar-refractivity contribution is -0.136. The van der Waals surface area contributed by atoms with Crippen molar-refractivity contribution in [3.8, 4) is 5.69 Å². The first-order chi connectivity index (χ1) is 7.68. The Hall–Kier alpha value is -1.88. The zero-order valence-corrected chi connectivity index (χ0v) is 8.92. The maximum Gasteiger partial charge on any atom is 0.309 e. The molecule has 0 atom stereocenters. The number of benzene rings is 1. The Morgan fingerprint density at radius 1 is 1.38 bits per heavy atom. The smallest absolute Gasteiger partial charge is 0.309 e. The monoisotopic (exact) mass is 237 g/mol. The Kier molecular flexibility index (Phi) is 2.87. The number of para-hydroxylation sites is 1. The first-order valence-corrected chi connectivity index (χ1v) is 4.93. The predicted molar refractivity (Wildman–Crippen MR) is 57.7 cm³/mol. The topological polar surface area (TPSA) is 68.0 Å². The summed E-state index contributed by atoms with van der Waals surface area (Å²) in [6.07, 6.45) is -0.208. The molecule has 1 aromatic carbocycles. The highest BCUT2D eigenvalue weighted by molar-refractivity contribution is 6.30. The van der Waals surface area contributed by atoms with E-state index >= 15 is 0 Å². The normalized spacial score (nSPS) is 10.3. The first-order valence-electron chi connectivity index (χ1n) is 4.56. The molecule has 5 nitrogen and oxygen atoms in total. The molecule has 0 radical (unpaired) electrons. The minimum absolute atomic E-state index is 0.117. The summed E-state index contributed by atoms with van der Waals surface area (Å²) in [5.74, 6) is -0.971. The number of carboxylic acids is 1. The van der Waals surface area contributed by atoms with Crippen LogP contribution in [0.2, 0.25) is 5.15 Å². The van der Waals surface area contributed by atoms with Crippen LogP contribution in [0, 0.1) is 0 Å². The third kappa shape index (κ3) is 2.04. The molecule has 0 spiro atoms. The summed E-state index contributed by atoms with van der Waals surface area (Å²) < 4.78 is 1.43. The second-order valence-electron chi connectivity index (χ2n) is 3.14. The Morgan fingerprint density at radius 3 is 2.69 bits per heavy atom. The standard InChI is InChI=1S/C10H8ClN3O2/c11-10-8(6-9(15)16)14(13-12-10)7-4-2-1-3-5-7/h1-5H,6H2,(H,15,16). The first kappa shape index (κ1) is 10.6. The third-order valence-electron chi connectivity index (χ3n) is 2.04. The van der Waals surface area contributed by atoms with E-state index in [9.17, 15) is 4.79 Å². The van der Waals surface area contributed by atoms with Gasteiger partial charge in [0.15, 0.2) is 5.15 Å². The fourth-order valence-electron chi connectivity index (χ4n) is 1.35. The van der Waals surface area contributed by atoms with Crippen molar-refractivity contribution in [3.05, 3.63) is 41.2 Å². The predicted octanol–water partition coefficient (Wildman–Crippen LogP) is 1.55. The average molecular weight is 238 g/mol. The molecule has 0 saturated heterocycles. The zero-order valence-electron chi connectivity index (χ0n) is 8.17. The maximum atomic E-state index is 10.7. The van der Waals surface area contributed by atoms with Gasteiger partial charge in [0.25, 0.3) is 0 Å². The summed E-state index contributed by atoms with van der Waals surface area (Å²) in [5, 5.41) is 16.3. The van der Waals surface area contributed by atoms with Crippen LogP contribution in [0.1, 0.15) is 5.69 Å². The quantitative estimate of drug-likeness (QED) is 0.880. The summed E-state index contributed by atoms with van der Waals surface area (Å²) in [6.45, 7) is 0. The van der Waals surface area contributed by atoms with E-state index in [1.165, 1.54) is 4.68 Å². The van der Waals surface area contributed by atoms with Crippen molar-refractivity contribution in [2.75, 3.05) is 0 Å². The molecule has 1 heterocycles. The van der Waals surface area contributed by atoms with E-state index in [0.717, 1.165) is 5.69 Å². The van der Waals surface area contributed by atoms with Gasteiger partial charge in [-0.1, -0.05) is 35.0 Å². The number of carbonyl (C=O) groups is 1. The van der Waals surface area contributed by atoms with Crippen molar-refractivity contribution in [2.45, 2.75) is 6.42 Å². The van der Waals surface area contributed by atoms with Crippen molar-refractivity contribution in [1.29, 1.82) is 0 Å². The molecule has 0 aliphatic heterocycles. The summed E-state index contributed by atoms with van der Waals surface area (Å²) in [4.78, 5) is 10.7. The van der Waals surface area contributed by atoms with Gasteiger partial charge >= 0.3 is 5.97 Å². The van der Waals surface area contributed by atoms with E-state index in [4.69, 9.17) is 16.7 Å². The molecule has 0 bridgehead atoms. The molecule has 82 valence electrons. The summed E-state index contributed by atoms with van der Waals surface area (Å²) >= 11 is 5.78. The Bertz CT molecular complexity index is 510. The highest BCUT2D eigenvalue weighted by Crippen LogP contribution is 2.17. The van der Waals surface area contributed by atoms with E-state index in [0.29, 0.717) is 5.69 Å². The van der Waals surface area contributed by atoms with Gasteiger partial charge in [0.2, 0.25) is 0 Å². The van der Waals surface area contributed by atoms with Crippen molar-refractivity contribution < 1.29 is 9.90 Å². The van der Waals surface area contributed by atoms with Gasteiger partial charge in [-0.25, -0.2) is 4.68 Å². The average Bonchev–Trinajstić information content (AvgIpc) is 2.61. The maximum absolute atomic E-state index is 10.7. The third-order valence-corrected chi connectivity index (χ3v) is 2.33. The highest BCUT2D eigenvalue weighted by Gasteiger charge is 2.15. The fraction of sp³-hybridized carbons (Fsp3) is 0.100. The molecule has 0 fully saturated rings. The molecule has 0 amide bonds. The lowest BCUT2D eigenvalue weighted by Crippen LogP contribution is -2.08.